The lowest BCUT2D eigenvalue weighted by Crippen LogP contribution is -2.30. The highest BCUT2D eigenvalue weighted by Crippen LogP contribution is 2.25. The Hall–Kier alpha value is -2.62. The summed E-state index contributed by atoms with van der Waals surface area (Å²) in [6.07, 6.45) is 0. The van der Waals surface area contributed by atoms with E-state index < -0.39 is 10.0 Å². The molecule has 0 unspecified atom stereocenters. The van der Waals surface area contributed by atoms with E-state index in [4.69, 9.17) is 11.6 Å². The highest BCUT2D eigenvalue weighted by Gasteiger charge is 2.21. The Kier molecular flexibility index (Phi) is 8.22. The number of nitrogens with zero attached hydrogens (tertiary/aromatic N) is 1. The molecule has 0 fully saturated rings. The van der Waals surface area contributed by atoms with E-state index in [0.29, 0.717) is 35.2 Å². The smallest absolute Gasteiger partial charge is 0.243 e. The van der Waals surface area contributed by atoms with E-state index >= 15 is 0 Å². The number of benzene rings is 2. The molecule has 0 atom stereocenters. The molecule has 2 rings (SSSR count). The number of carbonyl (C=O) groups is 2. The Morgan fingerprint density at radius 2 is 1.67 bits per heavy atom. The topological polar surface area (TPSA) is 108 Å². The van der Waals surface area contributed by atoms with E-state index in [1.165, 1.54) is 23.4 Å². The van der Waals surface area contributed by atoms with Gasteiger partial charge in [-0.15, -0.1) is 0 Å². The van der Waals surface area contributed by atoms with E-state index in [1.54, 1.807) is 44.2 Å². The number of hydrogen-bond acceptors (Lipinski definition) is 5. The lowest BCUT2D eigenvalue weighted by Gasteiger charge is -2.19. The van der Waals surface area contributed by atoms with E-state index in [9.17, 15) is 18.0 Å². The van der Waals surface area contributed by atoms with Crippen LogP contribution >= 0.6 is 11.6 Å². The summed E-state index contributed by atoms with van der Waals surface area (Å²) in [6.45, 7) is 5.55. The molecule has 0 radical (unpaired) electrons. The first-order valence-corrected chi connectivity index (χ1v) is 11.2. The fourth-order valence-corrected chi connectivity index (χ4v) is 4.46. The summed E-state index contributed by atoms with van der Waals surface area (Å²) < 4.78 is 26.6. The van der Waals surface area contributed by atoms with E-state index in [-0.39, 0.29) is 23.3 Å². The van der Waals surface area contributed by atoms with Crippen molar-refractivity contribution in [1.29, 1.82) is 0 Å². The second-order valence-corrected chi connectivity index (χ2v) is 8.74. The molecule has 0 heterocycles. The molecule has 0 aliphatic carbocycles. The van der Waals surface area contributed by atoms with Crippen molar-refractivity contribution >= 4 is 50.5 Å². The normalized spacial score (nSPS) is 11.2. The van der Waals surface area contributed by atoms with Crippen LogP contribution in [0.25, 0.3) is 0 Å². The van der Waals surface area contributed by atoms with Crippen LogP contribution in [0.2, 0.25) is 5.02 Å². The van der Waals surface area contributed by atoms with Gasteiger partial charge in [0.2, 0.25) is 21.8 Å². The Morgan fingerprint density at radius 1 is 1.00 bits per heavy atom. The van der Waals surface area contributed by atoms with Crippen molar-refractivity contribution in [3.63, 3.8) is 0 Å². The Morgan fingerprint density at radius 3 is 2.30 bits per heavy atom. The molecule has 0 saturated carbocycles. The first-order chi connectivity index (χ1) is 14.2. The maximum absolute atomic E-state index is 12.6. The number of rotatable bonds is 9. The standard InChI is InChI=1S/C20H25ClN4O4S/c1-4-25(5-2)30(28,29)17-8-6-7-15(11-17)24-20(27)13-22-19-12-16(23-14(3)26)9-10-18(19)21/h6-12,22H,4-5,13H2,1-3H3,(H,23,26)(H,24,27). The van der Waals surface area contributed by atoms with E-state index in [1.807, 2.05) is 0 Å². The van der Waals surface area contributed by atoms with E-state index in [0.717, 1.165) is 0 Å². The summed E-state index contributed by atoms with van der Waals surface area (Å²) in [4.78, 5) is 23.6. The third-order valence-corrected chi connectivity index (χ3v) is 6.56. The molecule has 10 heteroatoms. The van der Waals surface area contributed by atoms with Gasteiger partial charge in [-0.1, -0.05) is 31.5 Å². The quantitative estimate of drug-likeness (QED) is 0.540. The van der Waals surface area contributed by atoms with Crippen molar-refractivity contribution < 1.29 is 18.0 Å². The fraction of sp³-hybridized carbons (Fsp3) is 0.300. The van der Waals surface area contributed by atoms with Crippen LogP contribution in [0.1, 0.15) is 20.8 Å². The fourth-order valence-electron chi connectivity index (χ4n) is 2.77. The number of carbonyl (C=O) groups excluding carboxylic acids is 2. The molecule has 8 nitrogen and oxygen atoms in total. The van der Waals surface area contributed by atoms with Crippen LogP contribution in [0.4, 0.5) is 17.1 Å². The molecule has 30 heavy (non-hydrogen) atoms. The van der Waals surface area contributed by atoms with Gasteiger partial charge < -0.3 is 16.0 Å². The van der Waals surface area contributed by atoms with Gasteiger partial charge in [-0.2, -0.15) is 4.31 Å². The molecular formula is C20H25ClN4O4S. The van der Waals surface area contributed by atoms with Gasteiger partial charge in [0.25, 0.3) is 0 Å². The molecule has 162 valence electrons. The van der Waals surface area contributed by atoms with Crippen molar-refractivity contribution in [3.8, 4) is 0 Å². The highest BCUT2D eigenvalue weighted by molar-refractivity contribution is 7.89. The lowest BCUT2D eigenvalue weighted by atomic mass is 10.2. The largest absolute Gasteiger partial charge is 0.375 e. The second kappa shape index (κ2) is 10.4. The van der Waals surface area contributed by atoms with Gasteiger partial charge in [-0.3, -0.25) is 9.59 Å². The van der Waals surface area contributed by atoms with Crippen molar-refractivity contribution in [1.82, 2.24) is 4.31 Å². The van der Waals surface area contributed by atoms with Gasteiger partial charge in [0.05, 0.1) is 22.2 Å². The summed E-state index contributed by atoms with van der Waals surface area (Å²) >= 11 is 6.13. The number of amides is 2. The maximum Gasteiger partial charge on any atom is 0.243 e. The Balaban J connectivity index is 2.07. The van der Waals surface area contributed by atoms with Gasteiger partial charge in [0.1, 0.15) is 0 Å². The maximum atomic E-state index is 12.6. The Bertz CT molecular complexity index is 1020. The van der Waals surface area contributed by atoms with Crippen molar-refractivity contribution in [3.05, 3.63) is 47.5 Å². The minimum Gasteiger partial charge on any atom is -0.375 e. The van der Waals surface area contributed by atoms with Gasteiger partial charge in [0, 0.05) is 31.4 Å². The number of sulfonamides is 1. The molecule has 2 amide bonds. The first kappa shape index (κ1) is 23.7. The van der Waals surface area contributed by atoms with Gasteiger partial charge in [-0.25, -0.2) is 8.42 Å². The predicted octanol–water partition coefficient (Wildman–Crippen LogP) is 3.38. The molecule has 0 spiro atoms. The molecule has 0 aliphatic heterocycles. The lowest BCUT2D eigenvalue weighted by molar-refractivity contribution is -0.115. The predicted molar refractivity (Wildman–Crippen MR) is 119 cm³/mol. The molecule has 2 aromatic carbocycles. The van der Waals surface area contributed by atoms with Crippen LogP contribution in [-0.2, 0) is 19.6 Å². The number of hydrogen-bond donors (Lipinski definition) is 3. The molecule has 0 aliphatic rings. The minimum absolute atomic E-state index is 0.101. The third-order valence-electron chi connectivity index (χ3n) is 4.19. The number of nitrogens with one attached hydrogen (secondary N) is 3. The monoisotopic (exact) mass is 452 g/mol. The van der Waals surface area contributed by atoms with Crippen LogP contribution in [0.5, 0.6) is 0 Å². The van der Waals surface area contributed by atoms with Crippen LogP contribution in [0, 0.1) is 0 Å². The van der Waals surface area contributed by atoms with Gasteiger partial charge in [0.15, 0.2) is 0 Å². The zero-order chi connectivity index (χ0) is 22.3. The highest BCUT2D eigenvalue weighted by atomic mass is 35.5. The molecule has 0 aromatic heterocycles. The van der Waals surface area contributed by atoms with Gasteiger partial charge >= 0.3 is 0 Å². The van der Waals surface area contributed by atoms with Crippen molar-refractivity contribution in [2.24, 2.45) is 0 Å². The third kappa shape index (κ3) is 6.19. The second-order valence-electron chi connectivity index (χ2n) is 6.39. The van der Waals surface area contributed by atoms with Crippen LogP contribution in [0.15, 0.2) is 47.4 Å². The van der Waals surface area contributed by atoms with Crippen molar-refractivity contribution in [2.75, 3.05) is 35.6 Å². The zero-order valence-electron chi connectivity index (χ0n) is 17.0. The summed E-state index contributed by atoms with van der Waals surface area (Å²) in [5, 5.41) is 8.61. The first-order valence-electron chi connectivity index (χ1n) is 9.38. The molecule has 3 N–H and O–H groups in total. The number of halogens is 1. The van der Waals surface area contributed by atoms with Gasteiger partial charge in [-0.05, 0) is 36.4 Å². The summed E-state index contributed by atoms with van der Waals surface area (Å²) in [5.74, 6) is -0.603. The summed E-state index contributed by atoms with van der Waals surface area (Å²) in [6, 6.07) is 11.0. The molecule has 0 saturated heterocycles. The van der Waals surface area contributed by atoms with E-state index in [2.05, 4.69) is 16.0 Å². The molecule has 2 aromatic rings. The SMILES string of the molecule is CCN(CC)S(=O)(=O)c1cccc(NC(=O)CNc2cc(NC(C)=O)ccc2Cl)c1. The molecule has 0 bridgehead atoms. The molecular weight excluding hydrogens is 428 g/mol. The number of anilines is 3. The van der Waals surface area contributed by atoms with Crippen molar-refractivity contribution in [2.45, 2.75) is 25.7 Å². The average molecular weight is 453 g/mol. The van der Waals surface area contributed by atoms with Crippen LogP contribution in [-0.4, -0.2) is 44.2 Å². The van der Waals surface area contributed by atoms with Crippen LogP contribution in [0.3, 0.4) is 0 Å². The summed E-state index contributed by atoms with van der Waals surface area (Å²) in [5.41, 5.74) is 1.40. The Labute approximate surface area is 181 Å². The van der Waals surface area contributed by atoms with Crippen LogP contribution < -0.4 is 16.0 Å². The summed E-state index contributed by atoms with van der Waals surface area (Å²) in [7, 11) is -3.62. The average Bonchev–Trinajstić information content (AvgIpc) is 2.69. The zero-order valence-corrected chi connectivity index (χ0v) is 18.6. The minimum atomic E-state index is -3.62.